The van der Waals surface area contributed by atoms with Crippen molar-refractivity contribution in [3.8, 4) is 0 Å². The summed E-state index contributed by atoms with van der Waals surface area (Å²) in [7, 11) is 1.80. The molecule has 0 radical (unpaired) electrons. The first-order chi connectivity index (χ1) is 30.6. The topological polar surface area (TPSA) is 118 Å². The normalized spacial score (nSPS) is 24.5. The van der Waals surface area contributed by atoms with Gasteiger partial charge in [-0.3, -0.25) is 9.59 Å². The largest absolute Gasteiger partial charge is 0.461 e. The first-order valence-electron chi connectivity index (χ1n) is 24.5. The number of esters is 1. The minimum Gasteiger partial charge on any atom is -0.461 e. The van der Waals surface area contributed by atoms with Crippen LogP contribution >= 0.6 is 0 Å². The third-order valence-corrected chi connectivity index (χ3v) is 15.0. The summed E-state index contributed by atoms with van der Waals surface area (Å²) in [5.74, 6) is 1.61. The molecule has 3 aliphatic heterocycles. The molecule has 9 heteroatoms. The second kappa shape index (κ2) is 20.3. The highest BCUT2D eigenvalue weighted by Crippen LogP contribution is 2.52. The highest BCUT2D eigenvalue weighted by atomic mass is 17.5. The van der Waals surface area contributed by atoms with Crippen LogP contribution in [0.1, 0.15) is 180 Å². The van der Waals surface area contributed by atoms with Gasteiger partial charge in [0.15, 0.2) is 18.8 Å². The summed E-state index contributed by atoms with van der Waals surface area (Å²) in [5, 5.41) is 5.91. The lowest BCUT2D eigenvalue weighted by molar-refractivity contribution is -0.142. The lowest BCUT2D eigenvalue weighted by Crippen LogP contribution is -2.22. The number of nitrogens with one attached hydrogen (secondary N) is 4. The van der Waals surface area contributed by atoms with Gasteiger partial charge in [0, 0.05) is 74.1 Å². The molecule has 8 bridgehead atoms. The van der Waals surface area contributed by atoms with E-state index in [1.807, 2.05) is 13.0 Å². The summed E-state index contributed by atoms with van der Waals surface area (Å²) in [6, 6.07) is 0. The van der Waals surface area contributed by atoms with E-state index in [4.69, 9.17) is 9.62 Å². The van der Waals surface area contributed by atoms with Gasteiger partial charge in [0.2, 0.25) is 0 Å². The molecule has 1 aliphatic carbocycles. The zero-order chi connectivity index (χ0) is 46.0. The molecule has 6 atom stereocenters. The average Bonchev–Trinajstić information content (AvgIpc) is 3.46. The van der Waals surface area contributed by atoms with Crippen molar-refractivity contribution in [3.63, 3.8) is 0 Å². The molecule has 6 heterocycles. The van der Waals surface area contributed by atoms with Crippen molar-refractivity contribution in [1.82, 2.24) is 20.3 Å². The first-order valence-corrected chi connectivity index (χ1v) is 24.5. The molecule has 0 aromatic carbocycles. The molecule has 3 aromatic rings. The van der Waals surface area contributed by atoms with Gasteiger partial charge in [-0.25, -0.2) is 4.52 Å². The maximum absolute atomic E-state index is 14.6. The Morgan fingerprint density at radius 1 is 0.875 bits per heavy atom. The van der Waals surface area contributed by atoms with Crippen LogP contribution in [0.4, 0.5) is 0 Å². The quantitative estimate of drug-likeness (QED) is 0.0296. The number of ketones is 1. The van der Waals surface area contributed by atoms with Gasteiger partial charge in [-0.1, -0.05) is 105 Å². The minimum atomic E-state index is -0.540. The van der Waals surface area contributed by atoms with E-state index in [0.29, 0.717) is 12.0 Å². The number of aromatic amines is 3. The molecule has 9 nitrogen and oxygen atoms in total. The first kappa shape index (κ1) is 47.4. The number of ether oxygens (including phenoxy) is 1. The Morgan fingerprint density at radius 3 is 2.19 bits per heavy atom. The standard InChI is InChI=1S/C55H76N4O5/c1-13-39-35(8)42-28-44-37(10)41(24-25-48(60)62-27-26-34(7)23-17-22-33(6)21-16-20-32(5)19-15-18-31(3)4)52(58-44)50-51(55-63-64(55)12)54(61)49-38(11)45(59-53(49)50)30-47-40(14-2)36(9)43(57-47)29-46(39)56-42/h13,26,28-33,37,41,51,55-57H,1,14-25,27H2,2-12H3,(H-,58,59,61)/p+1/b34-26-,43-29-,44-28-,47-30-/t32-,33-,37+,41+,51-,55?/m1/s1. The van der Waals surface area contributed by atoms with Crippen LogP contribution in [0, 0.1) is 56.3 Å². The summed E-state index contributed by atoms with van der Waals surface area (Å²) in [5.41, 5.74) is 14.1. The van der Waals surface area contributed by atoms with Gasteiger partial charge in [0.05, 0.1) is 5.69 Å². The van der Waals surface area contributed by atoms with Crippen LogP contribution in [0.5, 0.6) is 0 Å². The van der Waals surface area contributed by atoms with E-state index in [0.717, 1.165) is 104 Å². The number of hydrogen-bond donors (Lipinski definition) is 4. The van der Waals surface area contributed by atoms with Crippen molar-refractivity contribution in [2.24, 2.45) is 35.5 Å². The zero-order valence-electron chi connectivity index (χ0n) is 40.9. The van der Waals surface area contributed by atoms with Gasteiger partial charge < -0.3 is 25.0 Å². The van der Waals surface area contributed by atoms with Crippen molar-refractivity contribution in [2.45, 2.75) is 153 Å². The van der Waals surface area contributed by atoms with Crippen LogP contribution < -0.4 is 16.0 Å². The SMILES string of the molecule is C=Cc1c2[nH]c(c1C)/C=C1\N/C(=C3\c4[nH]c(c(C)c4C(=O)[C@@H]3C3O[O+]3C)/C=c3\[nH]/c(c(C)c3CC)=C\2)[C@@H](CCC(=O)OC/C=C(/C)CCC[C@H](C)CCC[C@H](C)CCCC(C)C)[C@@H]1C. The number of Topliss-reactive ketones (excluding diaryl/α,β-unsaturated/α-hetero) is 1. The van der Waals surface area contributed by atoms with Gasteiger partial charge in [0.25, 0.3) is 0 Å². The molecule has 4 N–H and O–H groups in total. The van der Waals surface area contributed by atoms with E-state index in [1.165, 1.54) is 61.6 Å². The van der Waals surface area contributed by atoms with Crippen molar-refractivity contribution < 1.29 is 23.7 Å². The maximum atomic E-state index is 14.6. The van der Waals surface area contributed by atoms with Gasteiger partial charge in [-0.15, -0.1) is 0 Å². The number of H-pyrrole nitrogens is 3. The average molecular weight is 874 g/mol. The maximum Gasteiger partial charge on any atom is 0.384 e. The number of carbonyl (C=O) groups is 2. The Morgan fingerprint density at radius 2 is 1.53 bits per heavy atom. The number of hydrogen-bond acceptors (Lipinski definition) is 5. The van der Waals surface area contributed by atoms with E-state index < -0.39 is 12.2 Å². The molecule has 0 amide bonds. The predicted octanol–water partition coefficient (Wildman–Crippen LogP) is 11.4. The van der Waals surface area contributed by atoms with Gasteiger partial charge in [-0.05, 0) is 123 Å². The Labute approximate surface area is 382 Å². The summed E-state index contributed by atoms with van der Waals surface area (Å²) >= 11 is 0. The van der Waals surface area contributed by atoms with E-state index in [-0.39, 0.29) is 36.6 Å². The van der Waals surface area contributed by atoms with Crippen LogP contribution in [-0.4, -0.2) is 46.7 Å². The number of carbonyl (C=O) groups excluding carboxylic acids is 2. The highest BCUT2D eigenvalue weighted by molar-refractivity contribution is 6.16. The number of allylic oxidation sites excluding steroid dienone is 3. The molecule has 346 valence electrons. The number of rotatable bonds is 20. The van der Waals surface area contributed by atoms with Crippen LogP contribution in [0.2, 0.25) is 0 Å². The van der Waals surface area contributed by atoms with Gasteiger partial charge >= 0.3 is 12.3 Å². The van der Waals surface area contributed by atoms with Crippen LogP contribution in [-0.2, 0) is 25.4 Å². The summed E-state index contributed by atoms with van der Waals surface area (Å²) in [4.78, 5) is 45.1. The molecule has 64 heavy (non-hydrogen) atoms. The molecular weight excluding hydrogens is 797 g/mol. The lowest BCUT2D eigenvalue weighted by Gasteiger charge is -2.18. The third-order valence-electron chi connectivity index (χ3n) is 15.0. The second-order valence-corrected chi connectivity index (χ2v) is 20.2. The van der Waals surface area contributed by atoms with E-state index in [1.54, 1.807) is 7.11 Å². The fourth-order valence-corrected chi connectivity index (χ4v) is 10.8. The van der Waals surface area contributed by atoms with Crippen LogP contribution in [0.25, 0.3) is 29.9 Å². The molecule has 0 saturated carbocycles. The third kappa shape index (κ3) is 10.1. The fourth-order valence-electron chi connectivity index (χ4n) is 10.8. The lowest BCUT2D eigenvalue weighted by atomic mass is 9.85. The van der Waals surface area contributed by atoms with E-state index in [9.17, 15) is 9.59 Å². The van der Waals surface area contributed by atoms with E-state index >= 15 is 0 Å². The molecule has 0 spiro atoms. The molecule has 4 aliphatic rings. The fraction of sp³-hybridized carbons (Fsp3) is 0.564. The van der Waals surface area contributed by atoms with Crippen LogP contribution in [0.3, 0.4) is 0 Å². The Kier molecular flexibility index (Phi) is 15.0. The summed E-state index contributed by atoms with van der Waals surface area (Å²) < 4.78 is 8.52. The minimum absolute atomic E-state index is 0.0169. The molecule has 1 unspecified atom stereocenters. The monoisotopic (exact) mass is 874 g/mol. The Hall–Kier alpha value is -4.60. The summed E-state index contributed by atoms with van der Waals surface area (Å²) in [6.07, 6.45) is 23.3. The predicted molar refractivity (Wildman–Crippen MR) is 262 cm³/mol. The molecule has 3 aromatic heterocycles. The second-order valence-electron chi connectivity index (χ2n) is 20.2. The van der Waals surface area contributed by atoms with Crippen molar-refractivity contribution in [1.29, 1.82) is 0 Å². The highest BCUT2D eigenvalue weighted by Gasteiger charge is 2.62. The molecular formula is C55H77N4O5+. The van der Waals surface area contributed by atoms with Crippen molar-refractivity contribution in [3.05, 3.63) is 96.5 Å². The molecule has 2 fully saturated rings. The number of fused-ring (bicyclic) bond motifs is 7. The number of aromatic nitrogens is 3. The molecule has 7 rings (SSSR count). The van der Waals surface area contributed by atoms with Crippen LogP contribution in [0.15, 0.2) is 29.6 Å². The zero-order valence-corrected chi connectivity index (χ0v) is 40.9. The van der Waals surface area contributed by atoms with Gasteiger partial charge in [0.1, 0.15) is 6.61 Å². The Bertz CT molecular complexity index is 2450. The summed E-state index contributed by atoms with van der Waals surface area (Å²) in [6.45, 7) is 26.8. The van der Waals surface area contributed by atoms with Crippen molar-refractivity contribution >= 4 is 41.6 Å². The van der Waals surface area contributed by atoms with Crippen molar-refractivity contribution in [2.75, 3.05) is 13.7 Å². The smallest absolute Gasteiger partial charge is 0.384 e. The Balaban J connectivity index is 1.09. The van der Waals surface area contributed by atoms with E-state index in [2.05, 4.69) is 118 Å². The molecule has 2 saturated heterocycles. The van der Waals surface area contributed by atoms with Gasteiger partial charge in [-0.2, -0.15) is 0 Å².